The number of halogens is 2. The van der Waals surface area contributed by atoms with Crippen molar-refractivity contribution in [3.05, 3.63) is 73.3 Å². The zero-order valence-electron chi connectivity index (χ0n) is 13.7. The molecule has 0 fully saturated rings. The van der Waals surface area contributed by atoms with Crippen LogP contribution in [0.5, 0.6) is 0 Å². The molecule has 1 atom stereocenters. The van der Waals surface area contributed by atoms with Crippen molar-refractivity contribution in [2.75, 3.05) is 18.4 Å². The molecular weight excluding hydrogens is 391 g/mol. The smallest absolute Gasteiger partial charge is 0.238 e. The molecule has 0 saturated carbocycles. The van der Waals surface area contributed by atoms with Crippen LogP contribution in [-0.4, -0.2) is 23.9 Å². The van der Waals surface area contributed by atoms with Gasteiger partial charge in [-0.15, -0.1) is 22.7 Å². The van der Waals surface area contributed by atoms with Crippen LogP contribution in [0, 0.1) is 5.82 Å². The minimum atomic E-state index is -0.490. The predicted octanol–water partition coefficient (Wildman–Crippen LogP) is 5.19. The molecule has 0 aliphatic carbocycles. The van der Waals surface area contributed by atoms with Gasteiger partial charge in [0.05, 0.1) is 18.3 Å². The van der Waals surface area contributed by atoms with Crippen LogP contribution in [0.2, 0.25) is 5.02 Å². The lowest BCUT2D eigenvalue weighted by molar-refractivity contribution is -0.117. The van der Waals surface area contributed by atoms with Crippen molar-refractivity contribution in [2.24, 2.45) is 0 Å². The zero-order chi connectivity index (χ0) is 18.1. The molecule has 0 spiro atoms. The number of fused-ring (bicyclic) bond motifs is 1. The second kappa shape index (κ2) is 7.48. The van der Waals surface area contributed by atoms with Gasteiger partial charge in [-0.05, 0) is 53.1 Å². The molecule has 3 aromatic rings. The van der Waals surface area contributed by atoms with E-state index >= 15 is 0 Å². The second-order valence-corrected chi connectivity index (χ2v) is 8.53. The topological polar surface area (TPSA) is 32.3 Å². The van der Waals surface area contributed by atoms with Crippen LogP contribution in [0.4, 0.5) is 10.1 Å². The molecule has 134 valence electrons. The average Bonchev–Trinajstić information content (AvgIpc) is 3.29. The Morgan fingerprint density at radius 3 is 2.96 bits per heavy atom. The van der Waals surface area contributed by atoms with Gasteiger partial charge in [0.1, 0.15) is 5.82 Å². The lowest BCUT2D eigenvalue weighted by atomic mass is 9.98. The van der Waals surface area contributed by atoms with Crippen molar-refractivity contribution in [1.82, 2.24) is 4.90 Å². The van der Waals surface area contributed by atoms with Crippen molar-refractivity contribution < 1.29 is 9.18 Å². The summed E-state index contributed by atoms with van der Waals surface area (Å²) in [4.78, 5) is 17.3. The summed E-state index contributed by atoms with van der Waals surface area (Å²) in [7, 11) is 0. The molecule has 0 saturated heterocycles. The predicted molar refractivity (Wildman–Crippen MR) is 106 cm³/mol. The molecule has 3 nitrogen and oxygen atoms in total. The molecule has 1 aliphatic heterocycles. The summed E-state index contributed by atoms with van der Waals surface area (Å²) in [6, 6.07) is 10.5. The quantitative estimate of drug-likeness (QED) is 0.646. The minimum absolute atomic E-state index is 0.0694. The van der Waals surface area contributed by atoms with E-state index in [1.165, 1.54) is 33.5 Å². The highest BCUT2D eigenvalue weighted by Crippen LogP contribution is 2.39. The summed E-state index contributed by atoms with van der Waals surface area (Å²) in [6.07, 6.45) is 0.924. The Kier molecular flexibility index (Phi) is 5.09. The average molecular weight is 407 g/mol. The van der Waals surface area contributed by atoms with Gasteiger partial charge in [-0.2, -0.15) is 0 Å². The van der Waals surface area contributed by atoms with Gasteiger partial charge in [0.2, 0.25) is 5.91 Å². The van der Waals surface area contributed by atoms with E-state index < -0.39 is 5.82 Å². The summed E-state index contributed by atoms with van der Waals surface area (Å²) in [6.45, 7) is 0.991. The number of rotatable bonds is 4. The molecule has 1 aromatic carbocycles. The van der Waals surface area contributed by atoms with Gasteiger partial charge in [-0.1, -0.05) is 17.7 Å². The molecular formula is C19H16ClFN2OS2. The van der Waals surface area contributed by atoms with Gasteiger partial charge in [0.15, 0.2) is 0 Å². The lowest BCUT2D eigenvalue weighted by Gasteiger charge is -2.34. The minimum Gasteiger partial charge on any atom is -0.322 e. The Balaban J connectivity index is 1.55. The SMILES string of the molecule is O=C(CN1CCc2sccc2[C@H]1c1cccs1)Nc1cc(Cl)ccc1F. The first-order chi connectivity index (χ1) is 12.6. The largest absolute Gasteiger partial charge is 0.322 e. The maximum atomic E-state index is 13.9. The molecule has 0 radical (unpaired) electrons. The fourth-order valence-corrected chi connectivity index (χ4v) is 5.24. The van der Waals surface area contributed by atoms with E-state index in [1.54, 1.807) is 22.7 Å². The van der Waals surface area contributed by atoms with Crippen molar-refractivity contribution >= 4 is 45.9 Å². The Labute approximate surface area is 164 Å². The molecule has 0 unspecified atom stereocenters. The van der Waals surface area contributed by atoms with E-state index in [0.29, 0.717) is 5.02 Å². The molecule has 2 aromatic heterocycles. The van der Waals surface area contributed by atoms with Crippen LogP contribution in [0.1, 0.15) is 21.4 Å². The number of thiophene rings is 2. The number of carbonyl (C=O) groups is 1. The van der Waals surface area contributed by atoms with Crippen LogP contribution >= 0.6 is 34.3 Å². The summed E-state index contributed by atoms with van der Waals surface area (Å²) < 4.78 is 13.9. The van der Waals surface area contributed by atoms with Crippen molar-refractivity contribution in [3.63, 3.8) is 0 Å². The van der Waals surface area contributed by atoms with Gasteiger partial charge in [-0.3, -0.25) is 9.69 Å². The van der Waals surface area contributed by atoms with Crippen LogP contribution in [0.15, 0.2) is 47.2 Å². The number of anilines is 1. The summed E-state index contributed by atoms with van der Waals surface area (Å²) in [5.74, 6) is -0.734. The van der Waals surface area contributed by atoms with E-state index in [2.05, 4.69) is 33.1 Å². The zero-order valence-corrected chi connectivity index (χ0v) is 16.1. The number of benzene rings is 1. The number of amides is 1. The molecule has 1 amide bonds. The van der Waals surface area contributed by atoms with Crippen LogP contribution in [0.3, 0.4) is 0 Å². The molecule has 7 heteroatoms. The van der Waals surface area contributed by atoms with E-state index in [-0.39, 0.29) is 24.2 Å². The fourth-order valence-electron chi connectivity index (χ4n) is 3.29. The Morgan fingerprint density at radius 1 is 1.27 bits per heavy atom. The Morgan fingerprint density at radius 2 is 2.15 bits per heavy atom. The van der Waals surface area contributed by atoms with E-state index in [1.807, 2.05) is 6.07 Å². The van der Waals surface area contributed by atoms with E-state index in [4.69, 9.17) is 11.6 Å². The monoisotopic (exact) mass is 406 g/mol. The first-order valence-electron chi connectivity index (χ1n) is 8.20. The van der Waals surface area contributed by atoms with Gasteiger partial charge in [0, 0.05) is 21.3 Å². The van der Waals surface area contributed by atoms with Crippen LogP contribution in [0.25, 0.3) is 0 Å². The number of hydrogen-bond acceptors (Lipinski definition) is 4. The maximum absolute atomic E-state index is 13.9. The summed E-state index contributed by atoms with van der Waals surface area (Å²) in [5.41, 5.74) is 1.38. The first-order valence-corrected chi connectivity index (χ1v) is 10.3. The third-order valence-electron chi connectivity index (χ3n) is 4.43. The normalized spacial score (nSPS) is 17.1. The molecule has 26 heavy (non-hydrogen) atoms. The molecule has 0 bridgehead atoms. The summed E-state index contributed by atoms with van der Waals surface area (Å²) in [5, 5.41) is 7.19. The standard InChI is InChI=1S/C19H16ClFN2OS2/c20-12-3-4-14(21)15(10-12)22-18(24)11-23-7-5-16-13(6-9-26-16)19(23)17-2-1-8-25-17/h1-4,6,8-10,19H,5,7,11H2,(H,22,24)/t19-/m0/s1. The third-order valence-corrected chi connectivity index (χ3v) is 6.58. The van der Waals surface area contributed by atoms with E-state index in [0.717, 1.165) is 13.0 Å². The van der Waals surface area contributed by atoms with E-state index in [9.17, 15) is 9.18 Å². The number of nitrogens with one attached hydrogen (secondary N) is 1. The third kappa shape index (κ3) is 3.55. The maximum Gasteiger partial charge on any atom is 0.238 e. The Bertz CT molecular complexity index is 926. The van der Waals surface area contributed by atoms with Crippen molar-refractivity contribution in [2.45, 2.75) is 12.5 Å². The molecule has 3 heterocycles. The number of hydrogen-bond donors (Lipinski definition) is 1. The van der Waals surface area contributed by atoms with Gasteiger partial charge in [-0.25, -0.2) is 4.39 Å². The summed E-state index contributed by atoms with van der Waals surface area (Å²) >= 11 is 9.36. The molecule has 1 aliphatic rings. The van der Waals surface area contributed by atoms with Gasteiger partial charge in [0.25, 0.3) is 0 Å². The number of nitrogens with zero attached hydrogens (tertiary/aromatic N) is 1. The number of carbonyl (C=O) groups excluding carboxylic acids is 1. The molecule has 4 rings (SSSR count). The highest BCUT2D eigenvalue weighted by atomic mass is 35.5. The molecule has 1 N–H and O–H groups in total. The second-order valence-electron chi connectivity index (χ2n) is 6.11. The first kappa shape index (κ1) is 17.7. The highest BCUT2D eigenvalue weighted by molar-refractivity contribution is 7.10. The van der Waals surface area contributed by atoms with Gasteiger partial charge >= 0.3 is 0 Å². The highest BCUT2D eigenvalue weighted by Gasteiger charge is 2.31. The van der Waals surface area contributed by atoms with Crippen molar-refractivity contribution in [3.8, 4) is 0 Å². The van der Waals surface area contributed by atoms with Crippen molar-refractivity contribution in [1.29, 1.82) is 0 Å². The van der Waals surface area contributed by atoms with Gasteiger partial charge < -0.3 is 5.32 Å². The van der Waals surface area contributed by atoms with Crippen LogP contribution < -0.4 is 5.32 Å². The van der Waals surface area contributed by atoms with Crippen LogP contribution in [-0.2, 0) is 11.2 Å². The Hall–Kier alpha value is -1.73. The lowest BCUT2D eigenvalue weighted by Crippen LogP contribution is -2.40. The fraction of sp³-hybridized carbons (Fsp3) is 0.211.